The summed E-state index contributed by atoms with van der Waals surface area (Å²) in [5.41, 5.74) is 2.59. The van der Waals surface area contributed by atoms with Crippen LogP contribution in [0, 0.1) is 6.92 Å². The standard InChI is InChI=1S/C19H19NO2S/c1-15-6-2-5-9-19(15)20-23(21,22)13-12-16-10-11-17-7-3-4-8-18(17)14-16/h2-11,14,20H,12-13H2,1H3. The molecule has 0 fully saturated rings. The lowest BCUT2D eigenvalue weighted by atomic mass is 10.1. The van der Waals surface area contributed by atoms with Crippen LogP contribution < -0.4 is 4.72 Å². The van der Waals surface area contributed by atoms with Crippen LogP contribution in [0.25, 0.3) is 10.8 Å². The summed E-state index contributed by atoms with van der Waals surface area (Å²) in [5, 5.41) is 2.30. The topological polar surface area (TPSA) is 46.2 Å². The van der Waals surface area contributed by atoms with E-state index >= 15 is 0 Å². The van der Waals surface area contributed by atoms with Gasteiger partial charge in [0.1, 0.15) is 0 Å². The van der Waals surface area contributed by atoms with Gasteiger partial charge in [0, 0.05) is 0 Å². The zero-order valence-corrected chi connectivity index (χ0v) is 13.8. The van der Waals surface area contributed by atoms with Crippen LogP contribution in [0.4, 0.5) is 5.69 Å². The molecule has 0 saturated carbocycles. The summed E-state index contributed by atoms with van der Waals surface area (Å²) in [6.45, 7) is 1.89. The molecule has 0 heterocycles. The first-order valence-corrected chi connectivity index (χ1v) is 9.22. The minimum atomic E-state index is -3.36. The third kappa shape index (κ3) is 3.90. The Bertz CT molecular complexity index is 933. The summed E-state index contributed by atoms with van der Waals surface area (Å²) in [6.07, 6.45) is 0.492. The molecule has 23 heavy (non-hydrogen) atoms. The Kier molecular flexibility index (Phi) is 4.35. The van der Waals surface area contributed by atoms with Gasteiger partial charge in [-0.3, -0.25) is 4.72 Å². The first-order valence-electron chi connectivity index (χ1n) is 7.57. The van der Waals surface area contributed by atoms with E-state index in [1.165, 1.54) is 0 Å². The van der Waals surface area contributed by atoms with Crippen molar-refractivity contribution >= 4 is 26.5 Å². The molecule has 0 aliphatic rings. The van der Waals surface area contributed by atoms with Crippen LogP contribution in [0.1, 0.15) is 11.1 Å². The molecule has 0 spiro atoms. The molecule has 0 saturated heterocycles. The molecule has 3 rings (SSSR count). The Balaban J connectivity index is 1.72. The van der Waals surface area contributed by atoms with E-state index < -0.39 is 10.0 Å². The fraction of sp³-hybridized carbons (Fsp3) is 0.158. The van der Waals surface area contributed by atoms with Gasteiger partial charge in [0.15, 0.2) is 0 Å². The Hall–Kier alpha value is -2.33. The van der Waals surface area contributed by atoms with Gasteiger partial charge >= 0.3 is 0 Å². The summed E-state index contributed by atoms with van der Waals surface area (Å²) in [7, 11) is -3.36. The van der Waals surface area contributed by atoms with Crippen molar-refractivity contribution in [3.8, 4) is 0 Å². The molecule has 0 radical (unpaired) electrons. The van der Waals surface area contributed by atoms with Crippen molar-refractivity contribution in [2.45, 2.75) is 13.3 Å². The molecule has 0 atom stereocenters. The van der Waals surface area contributed by atoms with Crippen LogP contribution in [-0.4, -0.2) is 14.2 Å². The molecule has 118 valence electrons. The van der Waals surface area contributed by atoms with Crippen LogP contribution in [0.3, 0.4) is 0 Å². The molecule has 0 aliphatic carbocycles. The van der Waals surface area contributed by atoms with Crippen LogP contribution in [0.5, 0.6) is 0 Å². The predicted molar refractivity (Wildman–Crippen MR) is 96.2 cm³/mol. The van der Waals surface area contributed by atoms with Crippen molar-refractivity contribution in [2.24, 2.45) is 0 Å². The van der Waals surface area contributed by atoms with E-state index in [4.69, 9.17) is 0 Å². The number of hydrogen-bond acceptors (Lipinski definition) is 2. The molecule has 0 aromatic heterocycles. The highest BCUT2D eigenvalue weighted by molar-refractivity contribution is 7.92. The average molecular weight is 325 g/mol. The van der Waals surface area contributed by atoms with Gasteiger partial charge in [-0.05, 0) is 41.3 Å². The third-order valence-electron chi connectivity index (χ3n) is 3.88. The molecule has 0 amide bonds. The second kappa shape index (κ2) is 6.42. The number of sulfonamides is 1. The second-order valence-electron chi connectivity index (χ2n) is 5.67. The first kappa shape index (κ1) is 15.6. The number of para-hydroxylation sites is 1. The van der Waals surface area contributed by atoms with Crippen molar-refractivity contribution in [3.05, 3.63) is 77.9 Å². The van der Waals surface area contributed by atoms with Crippen molar-refractivity contribution in [1.29, 1.82) is 0 Å². The molecular weight excluding hydrogens is 306 g/mol. The van der Waals surface area contributed by atoms with E-state index in [2.05, 4.69) is 16.9 Å². The van der Waals surface area contributed by atoms with Crippen molar-refractivity contribution < 1.29 is 8.42 Å². The predicted octanol–water partition coefficient (Wildman–Crippen LogP) is 4.13. The average Bonchev–Trinajstić information content (AvgIpc) is 2.55. The van der Waals surface area contributed by atoms with Gasteiger partial charge in [0.25, 0.3) is 0 Å². The fourth-order valence-corrected chi connectivity index (χ4v) is 3.72. The van der Waals surface area contributed by atoms with E-state index in [0.717, 1.165) is 21.9 Å². The van der Waals surface area contributed by atoms with Crippen LogP contribution in [-0.2, 0) is 16.4 Å². The zero-order chi connectivity index (χ0) is 16.3. The van der Waals surface area contributed by atoms with Crippen LogP contribution in [0.2, 0.25) is 0 Å². The van der Waals surface area contributed by atoms with Crippen molar-refractivity contribution in [2.75, 3.05) is 10.5 Å². The molecule has 4 heteroatoms. The number of nitrogens with one attached hydrogen (secondary N) is 1. The quantitative estimate of drug-likeness (QED) is 0.766. The number of fused-ring (bicyclic) bond motifs is 1. The Morgan fingerprint density at radius 1 is 0.870 bits per heavy atom. The summed E-state index contributed by atoms with van der Waals surface area (Å²) >= 11 is 0. The lowest BCUT2D eigenvalue weighted by Crippen LogP contribution is -2.18. The lowest BCUT2D eigenvalue weighted by Gasteiger charge is -2.10. The number of anilines is 1. The molecule has 1 N–H and O–H groups in total. The number of aryl methyl sites for hydroxylation is 2. The fourth-order valence-electron chi connectivity index (χ4n) is 2.55. The second-order valence-corrected chi connectivity index (χ2v) is 7.51. The molecule has 0 unspecified atom stereocenters. The van der Waals surface area contributed by atoms with Gasteiger partial charge in [-0.15, -0.1) is 0 Å². The van der Waals surface area contributed by atoms with Crippen LogP contribution >= 0.6 is 0 Å². The minimum Gasteiger partial charge on any atom is -0.283 e. The van der Waals surface area contributed by atoms with E-state index in [1.54, 1.807) is 6.07 Å². The molecule has 3 aromatic rings. The maximum atomic E-state index is 12.3. The van der Waals surface area contributed by atoms with Gasteiger partial charge in [-0.1, -0.05) is 60.7 Å². The number of rotatable bonds is 5. The van der Waals surface area contributed by atoms with E-state index in [-0.39, 0.29) is 5.75 Å². The SMILES string of the molecule is Cc1ccccc1NS(=O)(=O)CCc1ccc2ccccc2c1. The molecule has 0 aliphatic heterocycles. The van der Waals surface area contributed by atoms with Crippen molar-refractivity contribution in [3.63, 3.8) is 0 Å². The largest absolute Gasteiger partial charge is 0.283 e. The third-order valence-corrected chi connectivity index (χ3v) is 5.16. The lowest BCUT2D eigenvalue weighted by molar-refractivity contribution is 0.600. The minimum absolute atomic E-state index is 0.0691. The molecule has 3 nitrogen and oxygen atoms in total. The summed E-state index contributed by atoms with van der Waals surface area (Å²) < 4.78 is 27.2. The summed E-state index contributed by atoms with van der Waals surface area (Å²) in [6, 6.07) is 21.5. The van der Waals surface area contributed by atoms with Gasteiger partial charge in [-0.25, -0.2) is 8.42 Å². The first-order chi connectivity index (χ1) is 11.0. The smallest absolute Gasteiger partial charge is 0.233 e. The highest BCUT2D eigenvalue weighted by Crippen LogP contribution is 2.18. The highest BCUT2D eigenvalue weighted by Gasteiger charge is 2.12. The van der Waals surface area contributed by atoms with Gasteiger partial charge < -0.3 is 0 Å². The maximum absolute atomic E-state index is 12.3. The maximum Gasteiger partial charge on any atom is 0.233 e. The van der Waals surface area contributed by atoms with Crippen LogP contribution in [0.15, 0.2) is 66.7 Å². The number of benzene rings is 3. The molecular formula is C19H19NO2S. The zero-order valence-electron chi connectivity index (χ0n) is 13.0. The Morgan fingerprint density at radius 2 is 1.57 bits per heavy atom. The Morgan fingerprint density at radius 3 is 2.35 bits per heavy atom. The van der Waals surface area contributed by atoms with Gasteiger partial charge in [0.2, 0.25) is 10.0 Å². The Labute approximate surface area is 137 Å². The van der Waals surface area contributed by atoms with Gasteiger partial charge in [-0.2, -0.15) is 0 Å². The molecule has 0 bridgehead atoms. The highest BCUT2D eigenvalue weighted by atomic mass is 32.2. The normalized spacial score (nSPS) is 11.5. The summed E-state index contributed by atoms with van der Waals surface area (Å²) in [4.78, 5) is 0. The van der Waals surface area contributed by atoms with Gasteiger partial charge in [0.05, 0.1) is 11.4 Å². The monoisotopic (exact) mass is 325 g/mol. The summed E-state index contributed by atoms with van der Waals surface area (Å²) in [5.74, 6) is 0.0691. The van der Waals surface area contributed by atoms with E-state index in [1.807, 2.05) is 55.5 Å². The molecule has 3 aromatic carbocycles. The number of hydrogen-bond donors (Lipinski definition) is 1. The van der Waals surface area contributed by atoms with E-state index in [0.29, 0.717) is 12.1 Å². The van der Waals surface area contributed by atoms with E-state index in [9.17, 15) is 8.42 Å². The van der Waals surface area contributed by atoms with Crippen molar-refractivity contribution in [1.82, 2.24) is 0 Å².